The molecule has 0 aromatic heterocycles. The average molecular weight is 275 g/mol. The van der Waals surface area contributed by atoms with E-state index in [2.05, 4.69) is 5.32 Å². The maximum absolute atomic E-state index is 9.85. The van der Waals surface area contributed by atoms with Crippen molar-refractivity contribution < 1.29 is 14.9 Å². The fraction of sp³-hybridized carbons (Fsp3) is 0.375. The van der Waals surface area contributed by atoms with Crippen LogP contribution in [-0.2, 0) is 0 Å². The van der Waals surface area contributed by atoms with E-state index in [1.165, 1.54) is 0 Å². The molecule has 0 heterocycles. The molecule has 0 bridgehead atoms. The second-order valence-corrected chi connectivity index (χ2v) is 5.19. The Hall–Kier alpha value is -1.78. The zero-order valence-corrected chi connectivity index (χ0v) is 11.8. The lowest BCUT2D eigenvalue weighted by Crippen LogP contribution is -2.35. The quantitative estimate of drug-likeness (QED) is 0.757. The van der Waals surface area contributed by atoms with E-state index in [1.54, 1.807) is 12.1 Å². The molecule has 4 nitrogen and oxygen atoms in total. The van der Waals surface area contributed by atoms with Gasteiger partial charge in [-0.25, -0.2) is 0 Å². The van der Waals surface area contributed by atoms with Crippen LogP contribution in [0.5, 0.6) is 11.5 Å². The van der Waals surface area contributed by atoms with Crippen LogP contribution in [0.4, 0.5) is 0 Å². The van der Waals surface area contributed by atoms with Gasteiger partial charge in [-0.05, 0) is 11.5 Å². The van der Waals surface area contributed by atoms with Crippen molar-refractivity contribution in [2.24, 2.45) is 0 Å². The Kier molecular flexibility index (Phi) is 4.82. The van der Waals surface area contributed by atoms with E-state index in [0.717, 1.165) is 10.8 Å². The van der Waals surface area contributed by atoms with Crippen LogP contribution < -0.4 is 10.1 Å². The summed E-state index contributed by atoms with van der Waals surface area (Å²) < 4.78 is 5.64. The number of phenolic OH excluding ortho intramolecular Hbond substituents is 1. The maximum atomic E-state index is 9.85. The Morgan fingerprint density at radius 1 is 1.20 bits per heavy atom. The van der Waals surface area contributed by atoms with Crippen molar-refractivity contribution >= 4 is 10.8 Å². The summed E-state index contributed by atoms with van der Waals surface area (Å²) in [5.41, 5.74) is 0. The molecule has 4 heteroatoms. The SMILES string of the molecule is CC(C)NC[C@@H](O)COc1cc(O)cc2ccccc12. The van der Waals surface area contributed by atoms with Gasteiger partial charge in [0.05, 0.1) is 0 Å². The minimum atomic E-state index is -0.585. The molecule has 1 atom stereocenters. The monoisotopic (exact) mass is 275 g/mol. The first-order valence-corrected chi connectivity index (χ1v) is 6.82. The molecule has 3 N–H and O–H groups in total. The normalized spacial score (nSPS) is 12.8. The van der Waals surface area contributed by atoms with Gasteiger partial charge in [0.2, 0.25) is 0 Å². The van der Waals surface area contributed by atoms with Crippen molar-refractivity contribution in [3.63, 3.8) is 0 Å². The zero-order chi connectivity index (χ0) is 14.5. The molecule has 2 aromatic rings. The molecule has 0 amide bonds. The highest BCUT2D eigenvalue weighted by atomic mass is 16.5. The van der Waals surface area contributed by atoms with Crippen molar-refractivity contribution in [1.82, 2.24) is 5.32 Å². The molecule has 2 rings (SSSR count). The number of aliphatic hydroxyl groups excluding tert-OH is 1. The van der Waals surface area contributed by atoms with Crippen molar-refractivity contribution in [3.8, 4) is 11.5 Å². The number of nitrogens with one attached hydrogen (secondary N) is 1. The van der Waals surface area contributed by atoms with Gasteiger partial charge in [-0.1, -0.05) is 38.1 Å². The number of hydrogen-bond donors (Lipinski definition) is 3. The number of rotatable bonds is 6. The molecule has 0 aliphatic rings. The molecular formula is C16H21NO3. The molecule has 0 unspecified atom stereocenters. The third kappa shape index (κ3) is 3.85. The Bertz CT molecular complexity index is 569. The molecule has 0 radical (unpaired) electrons. The van der Waals surface area contributed by atoms with Crippen LogP contribution in [0, 0.1) is 0 Å². The molecule has 0 aliphatic carbocycles. The van der Waals surface area contributed by atoms with Crippen LogP contribution in [0.2, 0.25) is 0 Å². The van der Waals surface area contributed by atoms with Crippen LogP contribution in [0.1, 0.15) is 13.8 Å². The Labute approximate surface area is 119 Å². The molecule has 0 saturated carbocycles. The Morgan fingerprint density at radius 3 is 2.70 bits per heavy atom. The Balaban J connectivity index is 2.06. The van der Waals surface area contributed by atoms with E-state index in [4.69, 9.17) is 4.74 Å². The smallest absolute Gasteiger partial charge is 0.130 e. The summed E-state index contributed by atoms with van der Waals surface area (Å²) >= 11 is 0. The highest BCUT2D eigenvalue weighted by molar-refractivity contribution is 5.89. The van der Waals surface area contributed by atoms with E-state index in [1.807, 2.05) is 38.1 Å². The van der Waals surface area contributed by atoms with Crippen LogP contribution in [0.15, 0.2) is 36.4 Å². The van der Waals surface area contributed by atoms with E-state index < -0.39 is 6.10 Å². The summed E-state index contributed by atoms with van der Waals surface area (Å²) in [6, 6.07) is 11.3. The molecular weight excluding hydrogens is 254 g/mol. The van der Waals surface area contributed by atoms with Gasteiger partial charge in [-0.3, -0.25) is 0 Å². The summed E-state index contributed by atoms with van der Waals surface area (Å²) in [7, 11) is 0. The zero-order valence-electron chi connectivity index (χ0n) is 11.8. The van der Waals surface area contributed by atoms with Gasteiger partial charge in [0.1, 0.15) is 24.2 Å². The summed E-state index contributed by atoms with van der Waals surface area (Å²) in [6.07, 6.45) is -0.585. The van der Waals surface area contributed by atoms with Crippen LogP contribution in [0.25, 0.3) is 10.8 Å². The molecule has 0 saturated heterocycles. The highest BCUT2D eigenvalue weighted by Crippen LogP contribution is 2.30. The predicted molar refractivity (Wildman–Crippen MR) is 80.3 cm³/mol. The molecule has 108 valence electrons. The molecule has 0 fully saturated rings. The third-order valence-electron chi connectivity index (χ3n) is 3.00. The molecule has 0 spiro atoms. The van der Waals surface area contributed by atoms with Gasteiger partial charge >= 0.3 is 0 Å². The number of aliphatic hydroxyl groups is 1. The number of fused-ring (bicyclic) bond motifs is 1. The minimum Gasteiger partial charge on any atom is -0.508 e. The van der Waals surface area contributed by atoms with Crippen LogP contribution in [0.3, 0.4) is 0 Å². The van der Waals surface area contributed by atoms with E-state index in [0.29, 0.717) is 18.3 Å². The van der Waals surface area contributed by atoms with Gasteiger partial charge in [0.25, 0.3) is 0 Å². The first-order valence-electron chi connectivity index (χ1n) is 6.82. The first kappa shape index (κ1) is 14.6. The highest BCUT2D eigenvalue weighted by Gasteiger charge is 2.09. The summed E-state index contributed by atoms with van der Waals surface area (Å²) in [5, 5.41) is 24.5. The Morgan fingerprint density at radius 2 is 1.95 bits per heavy atom. The van der Waals surface area contributed by atoms with Crippen molar-refractivity contribution in [2.45, 2.75) is 26.0 Å². The van der Waals surface area contributed by atoms with Crippen molar-refractivity contribution in [3.05, 3.63) is 36.4 Å². The summed E-state index contributed by atoms with van der Waals surface area (Å²) in [4.78, 5) is 0. The average Bonchev–Trinajstić information content (AvgIpc) is 2.42. The van der Waals surface area contributed by atoms with Gasteiger partial charge in [-0.2, -0.15) is 0 Å². The van der Waals surface area contributed by atoms with Crippen LogP contribution in [-0.4, -0.2) is 35.5 Å². The number of phenols is 1. The van der Waals surface area contributed by atoms with Gasteiger partial charge < -0.3 is 20.3 Å². The lowest BCUT2D eigenvalue weighted by atomic mass is 10.1. The fourth-order valence-electron chi connectivity index (χ4n) is 2.00. The lowest BCUT2D eigenvalue weighted by Gasteiger charge is -2.16. The van der Waals surface area contributed by atoms with E-state index >= 15 is 0 Å². The number of ether oxygens (including phenoxy) is 1. The second-order valence-electron chi connectivity index (χ2n) is 5.19. The second kappa shape index (κ2) is 6.59. The van der Waals surface area contributed by atoms with E-state index in [-0.39, 0.29) is 12.4 Å². The molecule has 2 aromatic carbocycles. The van der Waals surface area contributed by atoms with Crippen LogP contribution >= 0.6 is 0 Å². The first-order chi connectivity index (χ1) is 9.56. The van der Waals surface area contributed by atoms with Crippen molar-refractivity contribution in [2.75, 3.05) is 13.2 Å². The number of hydrogen-bond acceptors (Lipinski definition) is 4. The van der Waals surface area contributed by atoms with Gasteiger partial charge in [0, 0.05) is 24.0 Å². The largest absolute Gasteiger partial charge is 0.508 e. The van der Waals surface area contributed by atoms with Gasteiger partial charge in [0.15, 0.2) is 0 Å². The number of aromatic hydroxyl groups is 1. The fourth-order valence-corrected chi connectivity index (χ4v) is 2.00. The predicted octanol–water partition coefficient (Wildman–Crippen LogP) is 2.28. The minimum absolute atomic E-state index is 0.161. The maximum Gasteiger partial charge on any atom is 0.130 e. The topological polar surface area (TPSA) is 61.7 Å². The lowest BCUT2D eigenvalue weighted by molar-refractivity contribution is 0.105. The molecule has 0 aliphatic heterocycles. The third-order valence-corrected chi connectivity index (χ3v) is 3.00. The number of benzene rings is 2. The standard InChI is InChI=1S/C16H21NO3/c1-11(2)17-9-14(19)10-20-16-8-13(18)7-12-5-3-4-6-15(12)16/h3-8,11,14,17-19H,9-10H2,1-2H3/t14-/m1/s1. The molecule has 20 heavy (non-hydrogen) atoms. The van der Waals surface area contributed by atoms with Gasteiger partial charge in [-0.15, -0.1) is 0 Å². The summed E-state index contributed by atoms with van der Waals surface area (Å²) in [6.45, 7) is 4.72. The summed E-state index contributed by atoms with van der Waals surface area (Å²) in [5.74, 6) is 0.748. The van der Waals surface area contributed by atoms with Crippen molar-refractivity contribution in [1.29, 1.82) is 0 Å². The van der Waals surface area contributed by atoms with E-state index in [9.17, 15) is 10.2 Å².